The fraction of sp³-hybridized carbons (Fsp3) is 0.231. The molecule has 0 fully saturated rings. The molecule has 1 aromatic carbocycles. The van der Waals surface area contributed by atoms with Gasteiger partial charge in [0.15, 0.2) is 5.75 Å². The molecule has 21 heavy (non-hydrogen) atoms. The Morgan fingerprint density at radius 3 is 2.76 bits per heavy atom. The smallest absolute Gasteiger partial charge is 0.337 e. The second kappa shape index (κ2) is 6.04. The summed E-state index contributed by atoms with van der Waals surface area (Å²) in [7, 11) is 1.22. The molecule has 0 saturated carbocycles. The third kappa shape index (κ3) is 3.35. The zero-order valence-electron chi connectivity index (χ0n) is 11.4. The van der Waals surface area contributed by atoms with Crippen LogP contribution < -0.4 is 4.74 Å². The molecule has 0 aliphatic heterocycles. The molecule has 0 unspecified atom stereocenters. The van der Waals surface area contributed by atoms with Crippen LogP contribution >= 0.6 is 0 Å². The van der Waals surface area contributed by atoms with Crippen LogP contribution in [0.25, 0.3) is 0 Å². The van der Waals surface area contributed by atoms with E-state index in [1.165, 1.54) is 25.3 Å². The number of hydrogen-bond donors (Lipinski definition) is 0. The van der Waals surface area contributed by atoms with Crippen molar-refractivity contribution in [3.8, 4) is 5.75 Å². The van der Waals surface area contributed by atoms with Crippen LogP contribution in [0.4, 0.5) is 5.69 Å². The fourth-order valence-electron chi connectivity index (χ4n) is 1.66. The number of carbonyl (C=O) groups excluding carboxylic acids is 1. The van der Waals surface area contributed by atoms with E-state index in [-0.39, 0.29) is 23.6 Å². The van der Waals surface area contributed by atoms with E-state index < -0.39 is 10.9 Å². The number of nitrogens with zero attached hydrogens (tertiary/aromatic N) is 2. The van der Waals surface area contributed by atoms with Crippen LogP contribution in [0.3, 0.4) is 0 Å². The van der Waals surface area contributed by atoms with E-state index >= 15 is 0 Å². The molecule has 1 heterocycles. The van der Waals surface area contributed by atoms with Crippen LogP contribution in [0.15, 0.2) is 28.8 Å². The topological polar surface area (TPSA) is 105 Å². The van der Waals surface area contributed by atoms with Gasteiger partial charge in [-0.2, -0.15) is 0 Å². The van der Waals surface area contributed by atoms with E-state index in [4.69, 9.17) is 9.26 Å². The lowest BCUT2D eigenvalue weighted by atomic mass is 10.2. The molecule has 1 aromatic heterocycles. The van der Waals surface area contributed by atoms with Crippen molar-refractivity contribution >= 4 is 11.7 Å². The molecule has 0 atom stereocenters. The number of rotatable bonds is 5. The van der Waals surface area contributed by atoms with Gasteiger partial charge in [-0.05, 0) is 13.0 Å². The molecule has 8 heteroatoms. The van der Waals surface area contributed by atoms with Gasteiger partial charge in [-0.1, -0.05) is 5.16 Å². The summed E-state index contributed by atoms with van der Waals surface area (Å²) >= 11 is 0. The minimum Gasteiger partial charge on any atom is -0.480 e. The van der Waals surface area contributed by atoms with Crippen LogP contribution in [-0.2, 0) is 11.3 Å². The molecular weight excluding hydrogens is 280 g/mol. The Labute approximate surface area is 119 Å². The number of aromatic nitrogens is 1. The van der Waals surface area contributed by atoms with Crippen molar-refractivity contribution in [3.05, 3.63) is 51.4 Å². The molecule has 8 nitrogen and oxygen atoms in total. The SMILES string of the molecule is COC(=O)c1ccc([N+](=O)[O-])c(OCc2cc(C)on2)c1. The Morgan fingerprint density at radius 1 is 1.43 bits per heavy atom. The molecule has 0 radical (unpaired) electrons. The summed E-state index contributed by atoms with van der Waals surface area (Å²) in [6.45, 7) is 1.71. The molecule has 0 aliphatic rings. The van der Waals surface area contributed by atoms with Crippen LogP contribution in [0.2, 0.25) is 0 Å². The molecule has 2 rings (SSSR count). The van der Waals surface area contributed by atoms with E-state index in [2.05, 4.69) is 9.89 Å². The number of esters is 1. The zero-order chi connectivity index (χ0) is 15.4. The number of hydrogen-bond acceptors (Lipinski definition) is 7. The Kier molecular flexibility index (Phi) is 4.17. The number of carbonyl (C=O) groups is 1. The van der Waals surface area contributed by atoms with Gasteiger partial charge in [-0.15, -0.1) is 0 Å². The highest BCUT2D eigenvalue weighted by Crippen LogP contribution is 2.29. The highest BCUT2D eigenvalue weighted by atomic mass is 16.6. The summed E-state index contributed by atoms with van der Waals surface area (Å²) in [5.74, 6) is -0.0398. The van der Waals surface area contributed by atoms with E-state index in [0.29, 0.717) is 11.5 Å². The first-order valence-corrected chi connectivity index (χ1v) is 5.93. The van der Waals surface area contributed by atoms with E-state index in [1.54, 1.807) is 13.0 Å². The van der Waals surface area contributed by atoms with Crippen LogP contribution in [0.1, 0.15) is 21.8 Å². The first-order chi connectivity index (χ1) is 10.0. The second-order valence-corrected chi connectivity index (χ2v) is 4.15. The van der Waals surface area contributed by atoms with Crippen molar-refractivity contribution in [3.63, 3.8) is 0 Å². The monoisotopic (exact) mass is 292 g/mol. The van der Waals surface area contributed by atoms with Gasteiger partial charge >= 0.3 is 11.7 Å². The third-order valence-electron chi connectivity index (χ3n) is 2.63. The Morgan fingerprint density at radius 2 is 2.19 bits per heavy atom. The predicted molar refractivity (Wildman–Crippen MR) is 70.0 cm³/mol. The number of nitro groups is 1. The number of methoxy groups -OCH3 is 1. The zero-order valence-corrected chi connectivity index (χ0v) is 11.4. The molecule has 0 saturated heterocycles. The molecule has 0 amide bonds. The summed E-state index contributed by atoms with van der Waals surface area (Å²) in [4.78, 5) is 21.8. The number of benzene rings is 1. The van der Waals surface area contributed by atoms with Crippen LogP contribution in [-0.4, -0.2) is 23.2 Å². The van der Waals surface area contributed by atoms with Gasteiger partial charge in [0.05, 0.1) is 17.6 Å². The predicted octanol–water partition coefficient (Wildman–Crippen LogP) is 2.26. The minimum atomic E-state index is -0.605. The summed E-state index contributed by atoms with van der Waals surface area (Å²) < 4.78 is 14.8. The summed E-state index contributed by atoms with van der Waals surface area (Å²) in [6.07, 6.45) is 0. The van der Waals surface area contributed by atoms with Crippen LogP contribution in [0, 0.1) is 17.0 Å². The second-order valence-electron chi connectivity index (χ2n) is 4.15. The average Bonchev–Trinajstić information content (AvgIpc) is 2.89. The van der Waals surface area contributed by atoms with Gasteiger partial charge in [-0.3, -0.25) is 10.1 Å². The molecule has 0 N–H and O–H groups in total. The van der Waals surface area contributed by atoms with Crippen molar-refractivity contribution in [2.24, 2.45) is 0 Å². The maximum Gasteiger partial charge on any atom is 0.337 e. The number of aryl methyl sites for hydroxylation is 1. The van der Waals surface area contributed by atoms with Crippen molar-refractivity contribution in [2.45, 2.75) is 13.5 Å². The summed E-state index contributed by atoms with van der Waals surface area (Å²) in [5, 5.41) is 14.7. The number of nitro benzene ring substituents is 1. The van der Waals surface area contributed by atoms with Crippen molar-refractivity contribution < 1.29 is 23.7 Å². The lowest BCUT2D eigenvalue weighted by molar-refractivity contribution is -0.386. The standard InChI is InChI=1S/C13H12N2O6/c1-8-5-10(14-21-8)7-20-12-6-9(13(16)19-2)3-4-11(12)15(17)18/h3-6H,7H2,1-2H3. The van der Waals surface area contributed by atoms with Gasteiger partial charge in [0.2, 0.25) is 0 Å². The largest absolute Gasteiger partial charge is 0.480 e. The molecule has 0 aliphatic carbocycles. The Bertz CT molecular complexity index is 679. The van der Waals surface area contributed by atoms with Crippen LogP contribution in [0.5, 0.6) is 5.75 Å². The molecular formula is C13H12N2O6. The minimum absolute atomic E-state index is 0.0111. The van der Waals surface area contributed by atoms with Gasteiger partial charge in [-0.25, -0.2) is 4.79 Å². The maximum absolute atomic E-state index is 11.4. The van der Waals surface area contributed by atoms with Crippen molar-refractivity contribution in [1.82, 2.24) is 5.16 Å². The quantitative estimate of drug-likeness (QED) is 0.472. The lowest BCUT2D eigenvalue weighted by Crippen LogP contribution is -2.04. The summed E-state index contributed by atoms with van der Waals surface area (Å²) in [5.41, 5.74) is 0.405. The summed E-state index contributed by atoms with van der Waals surface area (Å²) in [6, 6.07) is 5.40. The van der Waals surface area contributed by atoms with Crippen molar-refractivity contribution in [1.29, 1.82) is 0 Å². The molecule has 110 valence electrons. The first kappa shape index (κ1) is 14.5. The molecule has 0 spiro atoms. The Balaban J connectivity index is 2.25. The number of ether oxygens (including phenoxy) is 2. The lowest BCUT2D eigenvalue weighted by Gasteiger charge is -2.06. The van der Waals surface area contributed by atoms with Crippen molar-refractivity contribution in [2.75, 3.05) is 7.11 Å². The van der Waals surface area contributed by atoms with E-state index in [1.807, 2.05) is 0 Å². The highest BCUT2D eigenvalue weighted by molar-refractivity contribution is 5.90. The maximum atomic E-state index is 11.4. The normalized spacial score (nSPS) is 10.2. The van der Waals surface area contributed by atoms with Gasteiger partial charge < -0.3 is 14.0 Å². The molecule has 2 aromatic rings. The molecule has 0 bridgehead atoms. The average molecular weight is 292 g/mol. The van der Waals surface area contributed by atoms with E-state index in [9.17, 15) is 14.9 Å². The van der Waals surface area contributed by atoms with Gasteiger partial charge in [0.1, 0.15) is 18.1 Å². The highest BCUT2D eigenvalue weighted by Gasteiger charge is 2.19. The fourth-order valence-corrected chi connectivity index (χ4v) is 1.66. The first-order valence-electron chi connectivity index (χ1n) is 5.93. The van der Waals surface area contributed by atoms with Gasteiger partial charge in [0.25, 0.3) is 0 Å². The third-order valence-corrected chi connectivity index (χ3v) is 2.63. The van der Waals surface area contributed by atoms with E-state index in [0.717, 1.165) is 0 Å². The van der Waals surface area contributed by atoms with Gasteiger partial charge in [0, 0.05) is 18.2 Å². The Hall–Kier alpha value is -2.90.